The predicted molar refractivity (Wildman–Crippen MR) is 234 cm³/mol. The van der Waals surface area contributed by atoms with Crippen molar-refractivity contribution in [3.8, 4) is 45.3 Å². The molecule has 57 heavy (non-hydrogen) atoms. The number of pyridine rings is 1. The number of aromatic nitrogens is 5. The van der Waals surface area contributed by atoms with Gasteiger partial charge in [-0.25, -0.2) is 9.97 Å². The van der Waals surface area contributed by atoms with E-state index >= 15 is 0 Å². The Hall–Kier alpha value is -7.37. The van der Waals surface area contributed by atoms with Crippen LogP contribution in [0.1, 0.15) is 35.6 Å². The molecular formula is C52H37N5. The third-order valence-electron chi connectivity index (χ3n) is 11.6. The highest BCUT2D eigenvalue weighted by Gasteiger charge is 2.32. The molecule has 0 saturated heterocycles. The Kier molecular flexibility index (Phi) is 7.78. The zero-order chi connectivity index (χ0) is 37.9. The second-order valence-electron chi connectivity index (χ2n) is 14.9. The third kappa shape index (κ3) is 5.42. The molecule has 0 aliphatic heterocycles. The maximum atomic E-state index is 5.16. The summed E-state index contributed by atoms with van der Waals surface area (Å²) in [5.41, 5.74) is 15.4. The van der Waals surface area contributed by atoms with Crippen molar-refractivity contribution >= 4 is 38.9 Å². The molecule has 5 heteroatoms. The van der Waals surface area contributed by atoms with Crippen molar-refractivity contribution in [1.29, 1.82) is 0 Å². The molecule has 11 rings (SSSR count). The van der Waals surface area contributed by atoms with Crippen molar-refractivity contribution in [3.05, 3.63) is 205 Å². The summed E-state index contributed by atoms with van der Waals surface area (Å²) in [4.78, 5) is 15.2. The van der Waals surface area contributed by atoms with Gasteiger partial charge in [-0.1, -0.05) is 140 Å². The first-order valence-electron chi connectivity index (χ1n) is 19.6. The van der Waals surface area contributed by atoms with Crippen LogP contribution in [0.3, 0.4) is 0 Å². The summed E-state index contributed by atoms with van der Waals surface area (Å²) in [7, 11) is 0. The van der Waals surface area contributed by atoms with Gasteiger partial charge in [0.25, 0.3) is 0 Å². The number of nitrogens with zero attached hydrogens (tertiary/aromatic N) is 5. The molecule has 5 nitrogen and oxygen atoms in total. The fraction of sp³-hybridized carbons (Fsp3) is 0.0577. The van der Waals surface area contributed by atoms with Gasteiger partial charge in [0, 0.05) is 68.1 Å². The quantitative estimate of drug-likeness (QED) is 0.171. The van der Waals surface area contributed by atoms with E-state index in [4.69, 9.17) is 15.0 Å². The van der Waals surface area contributed by atoms with Crippen molar-refractivity contribution < 1.29 is 0 Å². The number of allylic oxidation sites excluding steroid dienone is 1. The zero-order valence-corrected chi connectivity index (χ0v) is 31.4. The molecule has 270 valence electrons. The molecule has 2 atom stereocenters. The Morgan fingerprint density at radius 3 is 1.88 bits per heavy atom. The van der Waals surface area contributed by atoms with Crippen molar-refractivity contribution in [1.82, 2.24) is 24.1 Å². The molecule has 0 spiro atoms. The highest BCUT2D eigenvalue weighted by molar-refractivity contribution is 6.11. The number of benzene rings is 6. The molecule has 1 aliphatic carbocycles. The van der Waals surface area contributed by atoms with E-state index in [0.717, 1.165) is 56.0 Å². The van der Waals surface area contributed by atoms with E-state index < -0.39 is 0 Å². The van der Waals surface area contributed by atoms with Gasteiger partial charge in [-0.3, -0.25) is 4.98 Å². The smallest absolute Gasteiger partial charge is 0.160 e. The van der Waals surface area contributed by atoms with Crippen molar-refractivity contribution in [2.45, 2.75) is 18.8 Å². The maximum Gasteiger partial charge on any atom is 0.160 e. The molecular weight excluding hydrogens is 695 g/mol. The Labute approximate surface area is 330 Å². The summed E-state index contributed by atoms with van der Waals surface area (Å²) in [6.07, 6.45) is 6.62. The maximum absolute atomic E-state index is 5.16. The lowest BCUT2D eigenvalue weighted by atomic mass is 9.78. The van der Waals surface area contributed by atoms with Crippen LogP contribution < -0.4 is 0 Å². The SMILES string of the molecule is CC1c2c(c3ncccc3n2-c2ccccc2)C=CC1c1cccc2c1c1ccccc1n2-c1cccc(-c2nc(-c3ccccc3)cc(-c3ccccc3)n2)c1. The van der Waals surface area contributed by atoms with Crippen LogP contribution in [0.4, 0.5) is 0 Å². The van der Waals surface area contributed by atoms with E-state index in [1.807, 2.05) is 24.4 Å². The van der Waals surface area contributed by atoms with E-state index in [-0.39, 0.29) is 11.8 Å². The molecule has 0 fully saturated rings. The zero-order valence-electron chi connectivity index (χ0n) is 31.4. The van der Waals surface area contributed by atoms with Crippen molar-refractivity contribution in [2.75, 3.05) is 0 Å². The van der Waals surface area contributed by atoms with Crippen LogP contribution in [0, 0.1) is 0 Å². The first-order chi connectivity index (χ1) is 28.2. The highest BCUT2D eigenvalue weighted by Crippen LogP contribution is 2.48. The monoisotopic (exact) mass is 731 g/mol. The average molecular weight is 732 g/mol. The Morgan fingerprint density at radius 1 is 0.509 bits per heavy atom. The summed E-state index contributed by atoms with van der Waals surface area (Å²) in [5.74, 6) is 1.02. The number of rotatable bonds is 6. The Morgan fingerprint density at radius 2 is 1.12 bits per heavy atom. The number of para-hydroxylation sites is 2. The number of fused-ring (bicyclic) bond motifs is 6. The second kappa shape index (κ2) is 13.4. The molecule has 4 heterocycles. The normalized spacial score (nSPS) is 15.0. The fourth-order valence-corrected chi connectivity index (χ4v) is 9.01. The van der Waals surface area contributed by atoms with E-state index in [0.29, 0.717) is 5.82 Å². The van der Waals surface area contributed by atoms with E-state index in [1.165, 1.54) is 33.1 Å². The number of hydrogen-bond donors (Lipinski definition) is 0. The van der Waals surface area contributed by atoms with Gasteiger partial charge >= 0.3 is 0 Å². The van der Waals surface area contributed by atoms with E-state index in [9.17, 15) is 0 Å². The second-order valence-corrected chi connectivity index (χ2v) is 14.9. The topological polar surface area (TPSA) is 48.5 Å². The minimum absolute atomic E-state index is 0.143. The molecule has 0 amide bonds. The van der Waals surface area contributed by atoms with Crippen LogP contribution >= 0.6 is 0 Å². The van der Waals surface area contributed by atoms with Gasteiger partial charge in [-0.2, -0.15) is 0 Å². The molecule has 1 aliphatic rings. The van der Waals surface area contributed by atoms with Crippen LogP contribution in [-0.2, 0) is 0 Å². The van der Waals surface area contributed by atoms with Crippen LogP contribution in [0.25, 0.3) is 84.2 Å². The van der Waals surface area contributed by atoms with Crippen LogP contribution in [0.2, 0.25) is 0 Å². The minimum atomic E-state index is 0.143. The summed E-state index contributed by atoms with van der Waals surface area (Å²) in [6, 6.07) is 62.0. The molecule has 0 radical (unpaired) electrons. The van der Waals surface area contributed by atoms with Gasteiger partial charge in [0.2, 0.25) is 0 Å². The molecule has 2 unspecified atom stereocenters. The van der Waals surface area contributed by atoms with Crippen LogP contribution in [-0.4, -0.2) is 24.1 Å². The standard InChI is InChI=1S/C52H37N5/c1-34-40(29-30-43-50-48(28-15-31-53-50)57(51(34)43)38-21-9-4-10-22-38)41-25-14-27-47-49(41)42-24-11-12-26-46(42)56(47)39-23-13-20-37(32-39)52-54-44(35-16-5-2-6-17-35)33-45(55-52)36-18-7-3-8-19-36/h2-34,40H,1H3. The summed E-state index contributed by atoms with van der Waals surface area (Å²) >= 11 is 0. The van der Waals surface area contributed by atoms with E-state index in [1.54, 1.807) is 0 Å². The van der Waals surface area contributed by atoms with Gasteiger partial charge < -0.3 is 9.13 Å². The van der Waals surface area contributed by atoms with Gasteiger partial charge in [0.05, 0.1) is 33.5 Å². The summed E-state index contributed by atoms with van der Waals surface area (Å²) < 4.78 is 4.83. The minimum Gasteiger partial charge on any atom is -0.311 e. The van der Waals surface area contributed by atoms with Gasteiger partial charge in [-0.15, -0.1) is 0 Å². The fourth-order valence-electron chi connectivity index (χ4n) is 9.01. The van der Waals surface area contributed by atoms with Crippen molar-refractivity contribution in [3.63, 3.8) is 0 Å². The first-order valence-corrected chi connectivity index (χ1v) is 19.6. The summed E-state index contributed by atoms with van der Waals surface area (Å²) in [6.45, 7) is 2.38. The van der Waals surface area contributed by atoms with Crippen LogP contribution in [0.5, 0.6) is 0 Å². The highest BCUT2D eigenvalue weighted by atomic mass is 15.0. The molecule has 6 aromatic carbocycles. The van der Waals surface area contributed by atoms with Gasteiger partial charge in [0.15, 0.2) is 5.82 Å². The third-order valence-corrected chi connectivity index (χ3v) is 11.6. The average Bonchev–Trinajstić information content (AvgIpc) is 3.81. The lowest BCUT2D eigenvalue weighted by molar-refractivity contribution is 0.642. The molecule has 0 N–H and O–H groups in total. The predicted octanol–water partition coefficient (Wildman–Crippen LogP) is 12.8. The number of hydrogen-bond acceptors (Lipinski definition) is 3. The van der Waals surface area contributed by atoms with Gasteiger partial charge in [0.1, 0.15) is 0 Å². The first kappa shape index (κ1) is 33.0. The lowest BCUT2D eigenvalue weighted by Crippen LogP contribution is -2.15. The van der Waals surface area contributed by atoms with Crippen molar-refractivity contribution in [2.24, 2.45) is 0 Å². The Balaban J connectivity index is 1.07. The van der Waals surface area contributed by atoms with E-state index in [2.05, 4.69) is 186 Å². The molecule has 0 bridgehead atoms. The Bertz CT molecular complexity index is 3080. The van der Waals surface area contributed by atoms with Gasteiger partial charge in [-0.05, 0) is 60.2 Å². The molecule has 10 aromatic rings. The summed E-state index contributed by atoms with van der Waals surface area (Å²) in [5, 5.41) is 2.51. The molecule has 4 aromatic heterocycles. The lowest BCUT2D eigenvalue weighted by Gasteiger charge is -2.28. The largest absolute Gasteiger partial charge is 0.311 e. The van der Waals surface area contributed by atoms with Crippen LogP contribution in [0.15, 0.2) is 188 Å². The molecule has 0 saturated carbocycles.